The van der Waals surface area contributed by atoms with Crippen LogP contribution in [0.15, 0.2) is 186 Å². The SMILES string of the molecule is c1ccc(-c2ccc(-c3c4ccccc4c(-c4cccc(-c5c6ccccc6cc6c5oc5ccccc56)c4)c4ccccc34)cc2)cc1. The molecule has 0 saturated heterocycles. The number of furan rings is 1. The first kappa shape index (κ1) is 27.7. The molecule has 0 N–H and O–H groups in total. The standard InChI is InChI=1S/C48H30O/c1-2-13-31(14-3-1)32-25-27-33(28-26-32)45-39-20-6-8-22-41(39)46(42-23-9-7-21-40(42)45)35-16-12-17-36(29-35)47-37-18-5-4-15-34(37)30-43-38-19-10-11-24-44(38)49-48(43)47/h1-30H. The molecule has 1 nitrogen and oxygen atoms in total. The third-order valence-electron chi connectivity index (χ3n) is 10.0. The molecule has 1 heterocycles. The maximum atomic E-state index is 6.63. The molecule has 0 atom stereocenters. The highest BCUT2D eigenvalue weighted by atomic mass is 16.3. The Bertz CT molecular complexity index is 2800. The molecule has 0 aliphatic rings. The minimum absolute atomic E-state index is 0.912. The molecular formula is C48H30O. The normalized spacial score (nSPS) is 11.7. The minimum Gasteiger partial charge on any atom is -0.455 e. The molecule has 228 valence electrons. The molecular weight excluding hydrogens is 593 g/mol. The predicted molar refractivity (Wildman–Crippen MR) is 208 cm³/mol. The van der Waals surface area contributed by atoms with E-state index in [4.69, 9.17) is 4.42 Å². The van der Waals surface area contributed by atoms with E-state index in [1.54, 1.807) is 0 Å². The summed E-state index contributed by atoms with van der Waals surface area (Å²) < 4.78 is 6.63. The van der Waals surface area contributed by atoms with Crippen LogP contribution < -0.4 is 0 Å². The fourth-order valence-corrected chi connectivity index (χ4v) is 7.85. The Hall–Kier alpha value is -6.44. The molecule has 0 saturated carbocycles. The molecule has 10 rings (SSSR count). The molecule has 0 fully saturated rings. The molecule has 0 aliphatic carbocycles. The fraction of sp³-hybridized carbons (Fsp3) is 0. The van der Waals surface area contributed by atoms with Gasteiger partial charge in [0.25, 0.3) is 0 Å². The van der Waals surface area contributed by atoms with Gasteiger partial charge in [0, 0.05) is 16.3 Å². The highest BCUT2D eigenvalue weighted by Gasteiger charge is 2.19. The van der Waals surface area contributed by atoms with E-state index >= 15 is 0 Å². The summed E-state index contributed by atoms with van der Waals surface area (Å²) >= 11 is 0. The quantitative estimate of drug-likeness (QED) is 0.178. The lowest BCUT2D eigenvalue weighted by molar-refractivity contribution is 0.670. The summed E-state index contributed by atoms with van der Waals surface area (Å²) in [6.07, 6.45) is 0. The third-order valence-corrected chi connectivity index (χ3v) is 10.0. The molecule has 0 spiro atoms. The zero-order valence-electron chi connectivity index (χ0n) is 26.7. The van der Waals surface area contributed by atoms with Gasteiger partial charge in [-0.2, -0.15) is 0 Å². The second-order valence-corrected chi connectivity index (χ2v) is 12.8. The van der Waals surface area contributed by atoms with E-state index in [9.17, 15) is 0 Å². The summed E-state index contributed by atoms with van der Waals surface area (Å²) in [5, 5.41) is 9.67. The Morgan fingerprint density at radius 1 is 0.265 bits per heavy atom. The molecule has 0 bridgehead atoms. The first-order chi connectivity index (χ1) is 24.3. The second-order valence-electron chi connectivity index (χ2n) is 12.8. The Kier molecular flexibility index (Phi) is 6.25. The molecule has 1 aromatic heterocycles. The van der Waals surface area contributed by atoms with Crippen molar-refractivity contribution >= 4 is 54.3 Å². The summed E-state index contributed by atoms with van der Waals surface area (Å²) in [6.45, 7) is 0. The summed E-state index contributed by atoms with van der Waals surface area (Å²) in [5.41, 5.74) is 11.5. The van der Waals surface area contributed by atoms with Gasteiger partial charge >= 0.3 is 0 Å². The van der Waals surface area contributed by atoms with Crippen LogP contribution in [0, 0.1) is 0 Å². The van der Waals surface area contributed by atoms with E-state index in [0.29, 0.717) is 0 Å². The summed E-state index contributed by atoms with van der Waals surface area (Å²) in [5.74, 6) is 0. The zero-order valence-corrected chi connectivity index (χ0v) is 26.7. The summed E-state index contributed by atoms with van der Waals surface area (Å²) in [4.78, 5) is 0. The lowest BCUT2D eigenvalue weighted by Crippen LogP contribution is -1.91. The van der Waals surface area contributed by atoms with Crippen molar-refractivity contribution in [1.29, 1.82) is 0 Å². The molecule has 49 heavy (non-hydrogen) atoms. The van der Waals surface area contributed by atoms with Crippen LogP contribution in [0.5, 0.6) is 0 Å². The third kappa shape index (κ3) is 4.40. The fourth-order valence-electron chi connectivity index (χ4n) is 7.85. The van der Waals surface area contributed by atoms with Crippen LogP contribution >= 0.6 is 0 Å². The van der Waals surface area contributed by atoms with Crippen molar-refractivity contribution in [3.63, 3.8) is 0 Å². The highest BCUT2D eigenvalue weighted by Crippen LogP contribution is 2.46. The predicted octanol–water partition coefficient (Wildman–Crippen LogP) is 13.7. The van der Waals surface area contributed by atoms with Crippen LogP contribution in [0.1, 0.15) is 0 Å². The maximum Gasteiger partial charge on any atom is 0.143 e. The van der Waals surface area contributed by atoms with Gasteiger partial charge < -0.3 is 4.42 Å². The van der Waals surface area contributed by atoms with Crippen molar-refractivity contribution in [1.82, 2.24) is 0 Å². The number of hydrogen-bond acceptors (Lipinski definition) is 1. The number of hydrogen-bond donors (Lipinski definition) is 0. The van der Waals surface area contributed by atoms with Gasteiger partial charge in [0.2, 0.25) is 0 Å². The average molecular weight is 623 g/mol. The van der Waals surface area contributed by atoms with E-state index in [0.717, 1.165) is 33.1 Å². The Balaban J connectivity index is 1.22. The van der Waals surface area contributed by atoms with Crippen LogP contribution in [-0.2, 0) is 0 Å². The topological polar surface area (TPSA) is 13.1 Å². The Morgan fingerprint density at radius 2 is 0.735 bits per heavy atom. The van der Waals surface area contributed by atoms with Crippen LogP contribution in [0.3, 0.4) is 0 Å². The average Bonchev–Trinajstić information content (AvgIpc) is 3.54. The lowest BCUT2D eigenvalue weighted by atomic mass is 9.85. The van der Waals surface area contributed by atoms with E-state index in [2.05, 4.69) is 176 Å². The van der Waals surface area contributed by atoms with Gasteiger partial charge in [-0.1, -0.05) is 164 Å². The summed E-state index contributed by atoms with van der Waals surface area (Å²) in [7, 11) is 0. The van der Waals surface area contributed by atoms with Crippen LogP contribution in [0.2, 0.25) is 0 Å². The molecule has 0 unspecified atom stereocenters. The van der Waals surface area contributed by atoms with Crippen LogP contribution in [-0.4, -0.2) is 0 Å². The molecule has 1 heteroatoms. The zero-order chi connectivity index (χ0) is 32.3. The van der Waals surface area contributed by atoms with Gasteiger partial charge in [0.1, 0.15) is 11.2 Å². The van der Waals surface area contributed by atoms with E-state index in [-0.39, 0.29) is 0 Å². The van der Waals surface area contributed by atoms with Crippen molar-refractivity contribution in [3.8, 4) is 44.5 Å². The second kappa shape index (κ2) is 11.1. The molecule has 0 aliphatic heterocycles. The van der Waals surface area contributed by atoms with Gasteiger partial charge in [0.05, 0.1) is 0 Å². The maximum absolute atomic E-state index is 6.63. The molecule has 10 aromatic rings. The Morgan fingerprint density at radius 3 is 1.41 bits per heavy atom. The Labute approximate surface area is 284 Å². The van der Waals surface area contributed by atoms with Crippen molar-refractivity contribution in [2.24, 2.45) is 0 Å². The van der Waals surface area contributed by atoms with Crippen molar-refractivity contribution in [2.45, 2.75) is 0 Å². The van der Waals surface area contributed by atoms with Gasteiger partial charge in [-0.05, 0) is 89.5 Å². The highest BCUT2D eigenvalue weighted by molar-refractivity contribution is 6.22. The summed E-state index contributed by atoms with van der Waals surface area (Å²) in [6, 6.07) is 65.7. The van der Waals surface area contributed by atoms with Crippen molar-refractivity contribution in [3.05, 3.63) is 182 Å². The molecule has 0 amide bonds. The van der Waals surface area contributed by atoms with Gasteiger partial charge in [-0.25, -0.2) is 0 Å². The van der Waals surface area contributed by atoms with Gasteiger partial charge in [-0.15, -0.1) is 0 Å². The monoisotopic (exact) mass is 622 g/mol. The van der Waals surface area contributed by atoms with E-state index in [1.165, 1.54) is 65.7 Å². The van der Waals surface area contributed by atoms with Gasteiger partial charge in [0.15, 0.2) is 0 Å². The first-order valence-electron chi connectivity index (χ1n) is 16.8. The number of benzene rings is 9. The van der Waals surface area contributed by atoms with Gasteiger partial charge in [-0.3, -0.25) is 0 Å². The largest absolute Gasteiger partial charge is 0.455 e. The molecule has 9 aromatic carbocycles. The number of para-hydroxylation sites is 1. The molecule has 0 radical (unpaired) electrons. The van der Waals surface area contributed by atoms with E-state index in [1.807, 2.05) is 6.07 Å². The van der Waals surface area contributed by atoms with Crippen LogP contribution in [0.25, 0.3) is 98.8 Å². The number of fused-ring (bicyclic) bond motifs is 6. The van der Waals surface area contributed by atoms with Crippen LogP contribution in [0.4, 0.5) is 0 Å². The smallest absolute Gasteiger partial charge is 0.143 e. The minimum atomic E-state index is 0.912. The lowest BCUT2D eigenvalue weighted by Gasteiger charge is -2.18. The number of rotatable bonds is 4. The first-order valence-corrected chi connectivity index (χ1v) is 16.8. The van der Waals surface area contributed by atoms with E-state index < -0.39 is 0 Å². The van der Waals surface area contributed by atoms with Crippen molar-refractivity contribution < 1.29 is 4.42 Å². The van der Waals surface area contributed by atoms with Crippen molar-refractivity contribution in [2.75, 3.05) is 0 Å².